The first-order valence-electron chi connectivity index (χ1n) is 6.35. The van der Waals surface area contributed by atoms with E-state index >= 15 is 0 Å². The third-order valence-corrected chi connectivity index (χ3v) is 2.82. The third-order valence-electron chi connectivity index (χ3n) is 2.82. The SMILES string of the molecule is CC(C)N(CCOc1ncncc1C(=O)O)C(C)C. The molecule has 1 aromatic rings. The first kappa shape index (κ1) is 15.4. The number of ether oxygens (including phenoxy) is 1. The second kappa shape index (κ2) is 7.04. The first-order chi connectivity index (χ1) is 8.93. The standard InChI is InChI=1S/C13H21N3O3/c1-9(2)16(10(3)4)5-6-19-12-11(13(17)18)7-14-8-15-12/h7-10H,5-6H2,1-4H3,(H,17,18). The molecule has 0 saturated heterocycles. The average Bonchev–Trinajstić information content (AvgIpc) is 2.33. The fourth-order valence-electron chi connectivity index (χ4n) is 1.94. The lowest BCUT2D eigenvalue weighted by molar-refractivity contribution is 0.0688. The number of hydrogen-bond donors (Lipinski definition) is 1. The zero-order valence-corrected chi connectivity index (χ0v) is 11.8. The van der Waals surface area contributed by atoms with Crippen LogP contribution in [0.4, 0.5) is 0 Å². The predicted molar refractivity (Wildman–Crippen MR) is 71.5 cm³/mol. The molecule has 0 bridgehead atoms. The monoisotopic (exact) mass is 267 g/mol. The highest BCUT2D eigenvalue weighted by atomic mass is 16.5. The van der Waals surface area contributed by atoms with Gasteiger partial charge in [-0.2, -0.15) is 0 Å². The van der Waals surface area contributed by atoms with Crippen LogP contribution in [-0.2, 0) is 0 Å². The number of rotatable bonds is 7. The molecule has 1 N–H and O–H groups in total. The molecule has 0 radical (unpaired) electrons. The van der Waals surface area contributed by atoms with Gasteiger partial charge in [0.1, 0.15) is 18.5 Å². The van der Waals surface area contributed by atoms with Crippen LogP contribution >= 0.6 is 0 Å². The van der Waals surface area contributed by atoms with Gasteiger partial charge in [0.25, 0.3) is 0 Å². The lowest BCUT2D eigenvalue weighted by Gasteiger charge is -2.30. The molecule has 0 spiro atoms. The van der Waals surface area contributed by atoms with Crippen molar-refractivity contribution in [3.63, 3.8) is 0 Å². The van der Waals surface area contributed by atoms with E-state index in [-0.39, 0.29) is 11.4 Å². The highest BCUT2D eigenvalue weighted by Crippen LogP contribution is 2.13. The Kier molecular flexibility index (Phi) is 5.69. The van der Waals surface area contributed by atoms with Crippen LogP contribution in [0.5, 0.6) is 5.88 Å². The molecule has 0 unspecified atom stereocenters. The van der Waals surface area contributed by atoms with Crippen LogP contribution in [0.3, 0.4) is 0 Å². The van der Waals surface area contributed by atoms with E-state index in [0.29, 0.717) is 18.7 Å². The summed E-state index contributed by atoms with van der Waals surface area (Å²) in [6.07, 6.45) is 2.53. The summed E-state index contributed by atoms with van der Waals surface area (Å²) < 4.78 is 5.46. The normalized spacial score (nSPS) is 11.3. The largest absolute Gasteiger partial charge is 0.477 e. The predicted octanol–water partition coefficient (Wildman–Crippen LogP) is 1.67. The second-order valence-corrected chi connectivity index (χ2v) is 4.82. The molecule has 0 aliphatic rings. The van der Waals surface area contributed by atoms with Crippen molar-refractivity contribution in [2.45, 2.75) is 39.8 Å². The van der Waals surface area contributed by atoms with Crippen LogP contribution < -0.4 is 4.74 Å². The van der Waals surface area contributed by atoms with E-state index in [9.17, 15) is 4.79 Å². The molecule has 6 nitrogen and oxygen atoms in total. The average molecular weight is 267 g/mol. The Balaban J connectivity index is 2.60. The van der Waals surface area contributed by atoms with Crippen LogP contribution in [-0.4, -0.2) is 51.2 Å². The van der Waals surface area contributed by atoms with E-state index in [4.69, 9.17) is 9.84 Å². The Labute approximate surface area is 113 Å². The summed E-state index contributed by atoms with van der Waals surface area (Å²) in [5, 5.41) is 8.98. The van der Waals surface area contributed by atoms with Crippen molar-refractivity contribution < 1.29 is 14.6 Å². The summed E-state index contributed by atoms with van der Waals surface area (Å²) in [5.74, 6) is -0.963. The zero-order valence-electron chi connectivity index (χ0n) is 11.8. The lowest BCUT2D eigenvalue weighted by atomic mass is 10.2. The Morgan fingerprint density at radius 2 is 2.00 bits per heavy atom. The molecule has 0 fully saturated rings. The summed E-state index contributed by atoms with van der Waals surface area (Å²) in [6.45, 7) is 9.59. The number of nitrogens with zero attached hydrogens (tertiary/aromatic N) is 3. The second-order valence-electron chi connectivity index (χ2n) is 4.82. The quantitative estimate of drug-likeness (QED) is 0.810. The lowest BCUT2D eigenvalue weighted by Crippen LogP contribution is -2.39. The maximum Gasteiger partial charge on any atom is 0.342 e. The number of carboxylic acid groups (broad SMARTS) is 1. The minimum atomic E-state index is -1.08. The molecule has 106 valence electrons. The molecule has 0 atom stereocenters. The molecular formula is C13H21N3O3. The Bertz CT molecular complexity index is 413. The maximum absolute atomic E-state index is 11.0. The number of carboxylic acids is 1. The minimum Gasteiger partial charge on any atom is -0.477 e. The van der Waals surface area contributed by atoms with Crippen molar-refractivity contribution in [3.05, 3.63) is 18.1 Å². The van der Waals surface area contributed by atoms with Gasteiger partial charge in [0.15, 0.2) is 0 Å². The molecular weight excluding hydrogens is 246 g/mol. The molecule has 0 aliphatic heterocycles. The summed E-state index contributed by atoms with van der Waals surface area (Å²) in [4.78, 5) is 20.8. The molecule has 0 amide bonds. The number of carbonyl (C=O) groups is 1. The summed E-state index contributed by atoms with van der Waals surface area (Å²) >= 11 is 0. The van der Waals surface area contributed by atoms with Crippen LogP contribution in [0, 0.1) is 0 Å². The van der Waals surface area contributed by atoms with Crippen LogP contribution in [0.25, 0.3) is 0 Å². The number of aromatic nitrogens is 2. The molecule has 19 heavy (non-hydrogen) atoms. The van der Waals surface area contributed by atoms with Gasteiger partial charge >= 0.3 is 5.97 Å². The van der Waals surface area contributed by atoms with Gasteiger partial charge in [0.2, 0.25) is 5.88 Å². The van der Waals surface area contributed by atoms with Gasteiger partial charge in [-0.15, -0.1) is 0 Å². The molecule has 1 aromatic heterocycles. The fraction of sp³-hybridized carbons (Fsp3) is 0.615. The maximum atomic E-state index is 11.0. The van der Waals surface area contributed by atoms with E-state index in [1.165, 1.54) is 12.5 Å². The van der Waals surface area contributed by atoms with Crippen molar-refractivity contribution in [2.75, 3.05) is 13.2 Å². The first-order valence-corrected chi connectivity index (χ1v) is 6.35. The summed E-state index contributed by atoms with van der Waals surface area (Å²) in [5.41, 5.74) is -0.0110. The van der Waals surface area contributed by atoms with Crippen molar-refractivity contribution in [2.24, 2.45) is 0 Å². The highest BCUT2D eigenvalue weighted by Gasteiger charge is 2.15. The van der Waals surface area contributed by atoms with Gasteiger partial charge in [0, 0.05) is 24.8 Å². The molecule has 0 aromatic carbocycles. The molecule has 6 heteroatoms. The van der Waals surface area contributed by atoms with Gasteiger partial charge < -0.3 is 9.84 Å². The Morgan fingerprint density at radius 3 is 2.53 bits per heavy atom. The van der Waals surface area contributed by atoms with E-state index in [2.05, 4.69) is 42.6 Å². The third kappa shape index (κ3) is 4.48. The number of aromatic carboxylic acids is 1. The van der Waals surface area contributed by atoms with Crippen LogP contribution in [0.2, 0.25) is 0 Å². The molecule has 1 heterocycles. The van der Waals surface area contributed by atoms with Gasteiger partial charge in [-0.05, 0) is 27.7 Å². The summed E-state index contributed by atoms with van der Waals surface area (Å²) in [7, 11) is 0. The zero-order chi connectivity index (χ0) is 14.4. The van der Waals surface area contributed by atoms with Gasteiger partial charge in [-0.1, -0.05) is 0 Å². The van der Waals surface area contributed by atoms with Crippen LogP contribution in [0.1, 0.15) is 38.1 Å². The molecule has 0 aliphatic carbocycles. The topological polar surface area (TPSA) is 75.5 Å². The van der Waals surface area contributed by atoms with E-state index in [1.807, 2.05) is 0 Å². The van der Waals surface area contributed by atoms with Gasteiger partial charge in [0.05, 0.1) is 0 Å². The Hall–Kier alpha value is -1.69. The Morgan fingerprint density at radius 1 is 1.37 bits per heavy atom. The molecule has 0 saturated carbocycles. The van der Waals surface area contributed by atoms with Crippen molar-refractivity contribution in [1.82, 2.24) is 14.9 Å². The minimum absolute atomic E-state index is 0.0110. The van der Waals surface area contributed by atoms with Gasteiger partial charge in [-0.25, -0.2) is 14.8 Å². The smallest absolute Gasteiger partial charge is 0.342 e. The fourth-order valence-corrected chi connectivity index (χ4v) is 1.94. The number of hydrogen-bond acceptors (Lipinski definition) is 5. The summed E-state index contributed by atoms with van der Waals surface area (Å²) in [6, 6.07) is 0.820. The van der Waals surface area contributed by atoms with Gasteiger partial charge in [-0.3, -0.25) is 4.90 Å². The molecule has 1 rings (SSSR count). The van der Waals surface area contributed by atoms with Crippen molar-refractivity contribution >= 4 is 5.97 Å². The highest BCUT2D eigenvalue weighted by molar-refractivity contribution is 5.89. The van der Waals surface area contributed by atoms with E-state index in [0.717, 1.165) is 6.54 Å². The van der Waals surface area contributed by atoms with E-state index in [1.54, 1.807) is 0 Å². The van der Waals surface area contributed by atoms with E-state index < -0.39 is 5.97 Å². The van der Waals surface area contributed by atoms with Crippen LogP contribution in [0.15, 0.2) is 12.5 Å². The van der Waals surface area contributed by atoms with Crippen molar-refractivity contribution in [1.29, 1.82) is 0 Å². The van der Waals surface area contributed by atoms with Crippen molar-refractivity contribution in [3.8, 4) is 5.88 Å².